The van der Waals surface area contributed by atoms with Gasteiger partial charge in [-0.1, -0.05) is 18.2 Å². The number of benzene rings is 1. The summed E-state index contributed by atoms with van der Waals surface area (Å²) >= 11 is 1.37. The van der Waals surface area contributed by atoms with Crippen LogP contribution in [0.15, 0.2) is 48.7 Å². The minimum Gasteiger partial charge on any atom is -0.349 e. The van der Waals surface area contributed by atoms with Crippen molar-refractivity contribution < 1.29 is 4.79 Å². The van der Waals surface area contributed by atoms with Crippen LogP contribution in [0.3, 0.4) is 0 Å². The quantitative estimate of drug-likeness (QED) is 0.577. The van der Waals surface area contributed by atoms with E-state index in [2.05, 4.69) is 24.8 Å². The summed E-state index contributed by atoms with van der Waals surface area (Å²) in [7, 11) is 0. The summed E-state index contributed by atoms with van der Waals surface area (Å²) < 4.78 is 2.12. The number of amides is 1. The number of pyridine rings is 1. The van der Waals surface area contributed by atoms with E-state index >= 15 is 0 Å². The largest absolute Gasteiger partial charge is 0.349 e. The number of imidazole rings is 1. The molecule has 0 fully saturated rings. The molecule has 6 nitrogen and oxygen atoms in total. The molecule has 136 valence electrons. The van der Waals surface area contributed by atoms with Crippen LogP contribution >= 0.6 is 11.3 Å². The summed E-state index contributed by atoms with van der Waals surface area (Å²) in [5.41, 5.74) is 3.56. The Morgan fingerprint density at radius 1 is 1.11 bits per heavy atom. The first-order valence-corrected chi connectivity index (χ1v) is 9.54. The Labute approximate surface area is 160 Å². The van der Waals surface area contributed by atoms with Crippen molar-refractivity contribution >= 4 is 28.3 Å². The van der Waals surface area contributed by atoms with Gasteiger partial charge in [0.1, 0.15) is 15.7 Å². The topological polar surface area (TPSA) is 72.7 Å². The highest BCUT2D eigenvalue weighted by Crippen LogP contribution is 2.26. The molecule has 4 rings (SSSR count). The van der Waals surface area contributed by atoms with Gasteiger partial charge in [-0.05, 0) is 38.1 Å². The van der Waals surface area contributed by atoms with Crippen LogP contribution in [-0.2, 0) is 6.54 Å². The maximum Gasteiger partial charge on any atom is 0.263 e. The van der Waals surface area contributed by atoms with Crippen LogP contribution in [-0.4, -0.2) is 32.0 Å². The van der Waals surface area contributed by atoms with E-state index in [0.29, 0.717) is 18.0 Å². The molecule has 3 heterocycles. The predicted octanol–water partition coefficient (Wildman–Crippen LogP) is 3.60. The average molecular weight is 377 g/mol. The summed E-state index contributed by atoms with van der Waals surface area (Å²) in [6, 6.07) is 13.7. The molecular weight excluding hydrogens is 358 g/mol. The number of hydrogen-bond acceptors (Lipinski definition) is 5. The summed E-state index contributed by atoms with van der Waals surface area (Å²) in [6.07, 6.45) is 1.73. The van der Waals surface area contributed by atoms with Crippen molar-refractivity contribution in [2.24, 2.45) is 0 Å². The summed E-state index contributed by atoms with van der Waals surface area (Å²) in [4.78, 5) is 26.6. The third kappa shape index (κ3) is 3.46. The Kier molecular flexibility index (Phi) is 4.68. The number of nitrogens with zero attached hydrogens (tertiary/aromatic N) is 4. The van der Waals surface area contributed by atoms with Gasteiger partial charge in [-0.2, -0.15) is 0 Å². The highest BCUT2D eigenvalue weighted by molar-refractivity contribution is 7.17. The zero-order valence-electron chi connectivity index (χ0n) is 15.1. The minimum absolute atomic E-state index is 0.103. The van der Waals surface area contributed by atoms with E-state index in [1.807, 2.05) is 56.3 Å². The molecule has 7 heteroatoms. The molecule has 0 radical (unpaired) electrons. The Bertz CT molecular complexity index is 1100. The molecule has 1 N–H and O–H groups in total. The van der Waals surface area contributed by atoms with E-state index in [9.17, 15) is 4.79 Å². The number of carbonyl (C=O) groups is 1. The second kappa shape index (κ2) is 7.28. The van der Waals surface area contributed by atoms with Gasteiger partial charge in [0, 0.05) is 19.3 Å². The van der Waals surface area contributed by atoms with Gasteiger partial charge in [-0.3, -0.25) is 9.78 Å². The number of carbonyl (C=O) groups excluding carboxylic acids is 1. The van der Waals surface area contributed by atoms with Gasteiger partial charge in [-0.15, -0.1) is 11.3 Å². The zero-order valence-corrected chi connectivity index (χ0v) is 16.0. The number of para-hydroxylation sites is 2. The number of hydrogen-bond donors (Lipinski definition) is 1. The van der Waals surface area contributed by atoms with Crippen molar-refractivity contribution in [2.75, 3.05) is 6.54 Å². The van der Waals surface area contributed by atoms with Gasteiger partial charge in [0.25, 0.3) is 5.91 Å². The van der Waals surface area contributed by atoms with Crippen LogP contribution in [0.1, 0.15) is 21.2 Å². The molecule has 0 spiro atoms. The molecule has 1 amide bonds. The molecule has 0 atom stereocenters. The van der Waals surface area contributed by atoms with Crippen LogP contribution in [0.4, 0.5) is 0 Å². The SMILES string of the molecule is Cc1nc(-c2ccccn2)sc1C(=O)NCCn1c(C)nc2ccccc21. The number of fused-ring (bicyclic) bond motifs is 1. The fourth-order valence-electron chi connectivity index (χ4n) is 3.05. The van der Waals surface area contributed by atoms with Crippen molar-refractivity contribution in [3.63, 3.8) is 0 Å². The zero-order chi connectivity index (χ0) is 18.8. The van der Waals surface area contributed by atoms with Gasteiger partial charge in [-0.25, -0.2) is 9.97 Å². The molecule has 0 saturated heterocycles. The van der Waals surface area contributed by atoms with Gasteiger partial charge in [0.05, 0.1) is 22.4 Å². The van der Waals surface area contributed by atoms with Crippen molar-refractivity contribution in [1.29, 1.82) is 0 Å². The maximum absolute atomic E-state index is 12.6. The van der Waals surface area contributed by atoms with Gasteiger partial charge in [0.15, 0.2) is 0 Å². The highest BCUT2D eigenvalue weighted by Gasteiger charge is 2.16. The second-order valence-corrected chi connectivity index (χ2v) is 7.20. The molecular formula is C20H19N5OS. The van der Waals surface area contributed by atoms with Crippen LogP contribution < -0.4 is 5.32 Å². The number of rotatable bonds is 5. The van der Waals surface area contributed by atoms with Crippen molar-refractivity contribution in [3.05, 3.63) is 65.1 Å². The molecule has 0 saturated carbocycles. The molecule has 0 bridgehead atoms. The van der Waals surface area contributed by atoms with Crippen LogP contribution in [0.5, 0.6) is 0 Å². The first kappa shape index (κ1) is 17.4. The van der Waals surface area contributed by atoms with Crippen molar-refractivity contribution in [3.8, 4) is 10.7 Å². The van der Waals surface area contributed by atoms with Crippen molar-refractivity contribution in [1.82, 2.24) is 24.8 Å². The lowest BCUT2D eigenvalue weighted by atomic mass is 10.3. The Hall–Kier alpha value is -3.06. The third-order valence-corrected chi connectivity index (χ3v) is 5.53. The van der Waals surface area contributed by atoms with E-state index in [1.54, 1.807) is 6.20 Å². The van der Waals surface area contributed by atoms with E-state index in [-0.39, 0.29) is 5.91 Å². The molecule has 1 aromatic carbocycles. The number of nitrogens with one attached hydrogen (secondary N) is 1. The average Bonchev–Trinajstić information content (AvgIpc) is 3.22. The van der Waals surface area contributed by atoms with E-state index in [1.165, 1.54) is 11.3 Å². The monoisotopic (exact) mass is 377 g/mol. The molecule has 0 unspecified atom stereocenters. The molecule has 0 aliphatic rings. The maximum atomic E-state index is 12.6. The first-order chi connectivity index (χ1) is 13.1. The van der Waals surface area contributed by atoms with Gasteiger partial charge in [0.2, 0.25) is 0 Å². The molecule has 4 aromatic rings. The van der Waals surface area contributed by atoms with E-state index < -0.39 is 0 Å². The second-order valence-electron chi connectivity index (χ2n) is 6.20. The summed E-state index contributed by atoms with van der Waals surface area (Å²) in [5, 5.41) is 3.76. The third-order valence-electron chi connectivity index (χ3n) is 4.35. The fourth-order valence-corrected chi connectivity index (χ4v) is 4.01. The number of aromatic nitrogens is 4. The standard InChI is InChI=1S/C20H19N5OS/c1-13-18(27-20(23-13)16-8-5-6-10-21-16)19(26)22-11-12-25-14(2)24-15-7-3-4-9-17(15)25/h3-10H,11-12H2,1-2H3,(H,22,26). The lowest BCUT2D eigenvalue weighted by Gasteiger charge is -2.08. The van der Waals surface area contributed by atoms with Gasteiger partial charge >= 0.3 is 0 Å². The predicted molar refractivity (Wildman–Crippen MR) is 107 cm³/mol. The molecule has 27 heavy (non-hydrogen) atoms. The minimum atomic E-state index is -0.103. The Morgan fingerprint density at radius 3 is 2.74 bits per heavy atom. The van der Waals surface area contributed by atoms with Gasteiger partial charge < -0.3 is 9.88 Å². The summed E-state index contributed by atoms with van der Waals surface area (Å²) in [5.74, 6) is 0.839. The highest BCUT2D eigenvalue weighted by atomic mass is 32.1. The molecule has 0 aliphatic carbocycles. The summed E-state index contributed by atoms with van der Waals surface area (Å²) in [6.45, 7) is 5.03. The van der Waals surface area contributed by atoms with Crippen LogP contribution in [0, 0.1) is 13.8 Å². The first-order valence-electron chi connectivity index (χ1n) is 8.72. The number of aryl methyl sites for hydroxylation is 2. The lowest BCUT2D eigenvalue weighted by molar-refractivity contribution is 0.0955. The van der Waals surface area contributed by atoms with Crippen molar-refractivity contribution in [2.45, 2.75) is 20.4 Å². The fraction of sp³-hybridized carbons (Fsp3) is 0.200. The molecule has 0 aliphatic heterocycles. The smallest absolute Gasteiger partial charge is 0.263 e. The van der Waals surface area contributed by atoms with Crippen LogP contribution in [0.2, 0.25) is 0 Å². The van der Waals surface area contributed by atoms with E-state index in [0.717, 1.165) is 33.3 Å². The van der Waals surface area contributed by atoms with E-state index in [4.69, 9.17) is 0 Å². The molecule has 3 aromatic heterocycles. The van der Waals surface area contributed by atoms with Crippen LogP contribution in [0.25, 0.3) is 21.7 Å². The Morgan fingerprint density at radius 2 is 1.93 bits per heavy atom. The lowest BCUT2D eigenvalue weighted by Crippen LogP contribution is -2.27. The Balaban J connectivity index is 1.45. The normalized spacial score (nSPS) is 11.0. The number of thiazole rings is 1.